The number of halogens is 1. The van der Waals surface area contributed by atoms with Gasteiger partial charge in [-0.05, 0) is 37.3 Å². The largest absolute Gasteiger partial charge is 0.336 e. The maximum Gasteiger partial charge on any atom is 0.257 e. The minimum atomic E-state index is 0.0715. The van der Waals surface area contributed by atoms with Crippen molar-refractivity contribution in [1.29, 1.82) is 0 Å². The van der Waals surface area contributed by atoms with Crippen LogP contribution in [-0.2, 0) is 6.54 Å². The van der Waals surface area contributed by atoms with Crippen molar-refractivity contribution in [3.63, 3.8) is 0 Å². The molecule has 28 heavy (non-hydrogen) atoms. The first kappa shape index (κ1) is 18.8. The molecule has 4 rings (SSSR count). The van der Waals surface area contributed by atoms with Crippen LogP contribution in [0.1, 0.15) is 21.7 Å². The molecule has 0 bridgehead atoms. The number of aryl methyl sites for hydroxylation is 1. The van der Waals surface area contributed by atoms with Gasteiger partial charge in [-0.3, -0.25) is 9.69 Å². The van der Waals surface area contributed by atoms with Gasteiger partial charge in [0.05, 0.1) is 6.54 Å². The van der Waals surface area contributed by atoms with E-state index < -0.39 is 0 Å². The van der Waals surface area contributed by atoms with Gasteiger partial charge < -0.3 is 9.42 Å². The lowest BCUT2D eigenvalue weighted by Gasteiger charge is -2.34. The molecule has 1 aromatic heterocycles. The summed E-state index contributed by atoms with van der Waals surface area (Å²) in [6, 6.07) is 15.5. The number of aromatic nitrogens is 2. The zero-order chi connectivity index (χ0) is 19.5. The highest BCUT2D eigenvalue weighted by Crippen LogP contribution is 2.19. The predicted molar refractivity (Wildman–Crippen MR) is 110 cm³/mol. The van der Waals surface area contributed by atoms with Gasteiger partial charge in [0, 0.05) is 41.8 Å². The molecular weight excluding hydrogens is 420 g/mol. The van der Waals surface area contributed by atoms with Crippen LogP contribution in [0.25, 0.3) is 11.5 Å². The number of benzene rings is 2. The van der Waals surface area contributed by atoms with Crippen molar-refractivity contribution in [2.45, 2.75) is 13.5 Å². The van der Waals surface area contributed by atoms with Crippen LogP contribution < -0.4 is 0 Å². The zero-order valence-electron chi connectivity index (χ0n) is 15.6. The Bertz CT molecular complexity index is 963. The lowest BCUT2D eigenvalue weighted by molar-refractivity contribution is 0.0624. The third kappa shape index (κ3) is 4.31. The number of nitrogens with zero attached hydrogens (tertiary/aromatic N) is 4. The molecule has 0 aliphatic carbocycles. The molecule has 6 nitrogen and oxygen atoms in total. The van der Waals surface area contributed by atoms with Crippen LogP contribution in [0.15, 0.2) is 57.5 Å². The van der Waals surface area contributed by atoms with E-state index in [1.54, 1.807) is 0 Å². The number of carbonyl (C=O) groups excluding carboxylic acids is 1. The summed E-state index contributed by atoms with van der Waals surface area (Å²) < 4.78 is 6.32. The number of piperazine rings is 1. The lowest BCUT2D eigenvalue weighted by atomic mass is 10.1. The third-order valence-corrected chi connectivity index (χ3v) is 5.36. The molecule has 2 heterocycles. The smallest absolute Gasteiger partial charge is 0.257 e. The highest BCUT2D eigenvalue weighted by atomic mass is 79.9. The van der Waals surface area contributed by atoms with Gasteiger partial charge in [0.2, 0.25) is 0 Å². The van der Waals surface area contributed by atoms with Gasteiger partial charge in [0.25, 0.3) is 11.8 Å². The van der Waals surface area contributed by atoms with E-state index in [0.717, 1.165) is 23.1 Å². The summed E-state index contributed by atoms with van der Waals surface area (Å²) in [5.41, 5.74) is 2.83. The van der Waals surface area contributed by atoms with E-state index in [9.17, 15) is 4.79 Å². The predicted octanol–water partition coefficient (Wildman–Crippen LogP) is 3.77. The zero-order valence-corrected chi connectivity index (χ0v) is 17.2. The van der Waals surface area contributed by atoms with E-state index in [1.807, 2.05) is 60.4 Å². The first-order valence-corrected chi connectivity index (χ1v) is 10.0. The van der Waals surface area contributed by atoms with Crippen molar-refractivity contribution in [2.75, 3.05) is 26.2 Å². The molecule has 0 radical (unpaired) electrons. The Morgan fingerprint density at radius 1 is 1.11 bits per heavy atom. The topological polar surface area (TPSA) is 62.5 Å². The summed E-state index contributed by atoms with van der Waals surface area (Å²) in [4.78, 5) is 21.3. The van der Waals surface area contributed by atoms with E-state index in [4.69, 9.17) is 4.52 Å². The molecule has 1 amide bonds. The molecule has 3 aromatic rings. The highest BCUT2D eigenvalue weighted by molar-refractivity contribution is 9.10. The second kappa shape index (κ2) is 8.24. The average molecular weight is 441 g/mol. The van der Waals surface area contributed by atoms with Gasteiger partial charge in [-0.15, -0.1) is 0 Å². The van der Waals surface area contributed by atoms with Crippen molar-refractivity contribution in [1.82, 2.24) is 19.9 Å². The fourth-order valence-corrected chi connectivity index (χ4v) is 3.64. The maximum absolute atomic E-state index is 12.6. The lowest BCUT2D eigenvalue weighted by Crippen LogP contribution is -2.48. The minimum absolute atomic E-state index is 0.0715. The number of carbonyl (C=O) groups is 1. The Kier molecular flexibility index (Phi) is 5.54. The Hall–Kier alpha value is -2.51. The Morgan fingerprint density at radius 2 is 1.86 bits per heavy atom. The molecular formula is C21H21BrN4O2. The monoisotopic (exact) mass is 440 g/mol. The number of amides is 1. The SMILES string of the molecule is Cc1ccc(-c2nc(CN3CCN(C(=O)c4cccc(Br)c4)CC3)no2)cc1. The first-order chi connectivity index (χ1) is 13.6. The second-order valence-corrected chi connectivity index (χ2v) is 7.88. The maximum atomic E-state index is 12.6. The average Bonchev–Trinajstić information content (AvgIpc) is 3.17. The molecule has 1 aliphatic rings. The first-order valence-electron chi connectivity index (χ1n) is 9.25. The molecule has 2 aromatic carbocycles. The summed E-state index contributed by atoms with van der Waals surface area (Å²) in [6.45, 7) is 5.61. The molecule has 0 spiro atoms. The summed E-state index contributed by atoms with van der Waals surface area (Å²) in [5.74, 6) is 1.28. The quantitative estimate of drug-likeness (QED) is 0.617. The van der Waals surface area contributed by atoms with Crippen molar-refractivity contribution in [3.05, 3.63) is 70.0 Å². The molecule has 7 heteroatoms. The van der Waals surface area contributed by atoms with Gasteiger partial charge in [-0.25, -0.2) is 0 Å². The van der Waals surface area contributed by atoms with Gasteiger partial charge in [0.15, 0.2) is 5.82 Å². The molecule has 0 N–H and O–H groups in total. The molecule has 144 valence electrons. The van der Waals surface area contributed by atoms with E-state index in [2.05, 4.69) is 31.0 Å². The summed E-state index contributed by atoms with van der Waals surface area (Å²) in [7, 11) is 0. The summed E-state index contributed by atoms with van der Waals surface area (Å²) >= 11 is 3.42. The van der Waals surface area contributed by atoms with Gasteiger partial charge >= 0.3 is 0 Å². The summed E-state index contributed by atoms with van der Waals surface area (Å²) in [5, 5.41) is 4.11. The fourth-order valence-electron chi connectivity index (χ4n) is 3.24. The normalized spacial score (nSPS) is 15.0. The molecule has 0 atom stereocenters. The number of rotatable bonds is 4. The molecule has 0 saturated carbocycles. The van der Waals surface area contributed by atoms with Crippen LogP contribution in [-0.4, -0.2) is 52.0 Å². The second-order valence-electron chi connectivity index (χ2n) is 6.96. The van der Waals surface area contributed by atoms with Gasteiger partial charge in [0.1, 0.15) is 0 Å². The molecule has 1 aliphatic heterocycles. The van der Waals surface area contributed by atoms with E-state index in [-0.39, 0.29) is 5.91 Å². The van der Waals surface area contributed by atoms with Crippen LogP contribution in [0.2, 0.25) is 0 Å². The Labute approximate surface area is 172 Å². The highest BCUT2D eigenvalue weighted by Gasteiger charge is 2.23. The van der Waals surface area contributed by atoms with E-state index in [0.29, 0.717) is 36.9 Å². The van der Waals surface area contributed by atoms with Crippen LogP contribution in [0, 0.1) is 6.92 Å². The molecule has 0 unspecified atom stereocenters. The van der Waals surface area contributed by atoms with Gasteiger partial charge in [-0.2, -0.15) is 4.98 Å². The van der Waals surface area contributed by atoms with Crippen molar-refractivity contribution in [2.24, 2.45) is 0 Å². The van der Waals surface area contributed by atoms with E-state index >= 15 is 0 Å². The third-order valence-electron chi connectivity index (χ3n) is 4.86. The van der Waals surface area contributed by atoms with Gasteiger partial charge in [-0.1, -0.05) is 44.8 Å². The van der Waals surface area contributed by atoms with Crippen LogP contribution in [0.4, 0.5) is 0 Å². The van der Waals surface area contributed by atoms with E-state index in [1.165, 1.54) is 5.56 Å². The Balaban J connectivity index is 1.33. The Morgan fingerprint density at radius 3 is 2.57 bits per heavy atom. The minimum Gasteiger partial charge on any atom is -0.336 e. The van der Waals surface area contributed by atoms with Crippen molar-refractivity contribution < 1.29 is 9.32 Å². The van der Waals surface area contributed by atoms with Crippen molar-refractivity contribution in [3.8, 4) is 11.5 Å². The fraction of sp³-hybridized carbons (Fsp3) is 0.286. The standard InChI is InChI=1S/C21H21BrN4O2/c1-15-5-7-16(8-6-15)20-23-19(24-28-20)14-25-9-11-26(12-10-25)21(27)17-3-2-4-18(22)13-17/h2-8,13H,9-12,14H2,1H3. The number of hydrogen-bond acceptors (Lipinski definition) is 5. The van der Waals surface area contributed by atoms with Crippen molar-refractivity contribution >= 4 is 21.8 Å². The van der Waals surface area contributed by atoms with Crippen LogP contribution in [0.3, 0.4) is 0 Å². The van der Waals surface area contributed by atoms with Crippen LogP contribution >= 0.6 is 15.9 Å². The summed E-state index contributed by atoms with van der Waals surface area (Å²) in [6.07, 6.45) is 0. The molecule has 1 fully saturated rings. The molecule has 1 saturated heterocycles. The van der Waals surface area contributed by atoms with Crippen LogP contribution in [0.5, 0.6) is 0 Å². The number of hydrogen-bond donors (Lipinski definition) is 0.